The molecule has 0 heterocycles. The van der Waals surface area contributed by atoms with E-state index < -0.39 is 5.97 Å². The lowest BCUT2D eigenvalue weighted by Crippen LogP contribution is -2.22. The predicted octanol–water partition coefficient (Wildman–Crippen LogP) is 3.74. The summed E-state index contributed by atoms with van der Waals surface area (Å²) in [6, 6.07) is 19.1. The van der Waals surface area contributed by atoms with E-state index in [0.29, 0.717) is 28.8 Å². The number of carboxylic acids is 1. The second-order valence-electron chi connectivity index (χ2n) is 6.03. The van der Waals surface area contributed by atoms with Crippen molar-refractivity contribution in [3.8, 4) is 11.5 Å². The molecule has 0 aliphatic carbocycles. The van der Waals surface area contributed by atoms with Crippen LogP contribution in [0.1, 0.15) is 21.5 Å². The average Bonchev–Trinajstić information content (AvgIpc) is 2.74. The van der Waals surface area contributed by atoms with Crippen LogP contribution in [-0.2, 0) is 6.61 Å². The number of carbonyl (C=O) groups excluding carboxylic acids is 1. The molecule has 3 aromatic carbocycles. The van der Waals surface area contributed by atoms with Gasteiger partial charge in [0.2, 0.25) is 0 Å². The molecule has 7 heteroatoms. The van der Waals surface area contributed by atoms with E-state index in [1.807, 2.05) is 30.3 Å². The van der Waals surface area contributed by atoms with Crippen LogP contribution in [0.15, 0.2) is 71.8 Å². The van der Waals surface area contributed by atoms with E-state index in [9.17, 15) is 9.90 Å². The number of ether oxygens (including phenoxy) is 2. The molecule has 0 unspecified atom stereocenters. The lowest BCUT2D eigenvalue weighted by Gasteiger charge is -2.12. The summed E-state index contributed by atoms with van der Waals surface area (Å²) in [5, 5.41) is 15.7. The Morgan fingerprint density at radius 1 is 1.10 bits per heavy atom. The fourth-order valence-corrected chi connectivity index (χ4v) is 2.74. The van der Waals surface area contributed by atoms with Crippen molar-refractivity contribution in [3.05, 3.63) is 88.4 Å². The van der Waals surface area contributed by atoms with Gasteiger partial charge in [-0.3, -0.25) is 5.43 Å². The minimum absolute atomic E-state index is 0.0758. The summed E-state index contributed by atoms with van der Waals surface area (Å²) in [4.78, 5) is 10.9. The Kier molecular flexibility index (Phi) is 6.71. The van der Waals surface area contributed by atoms with E-state index in [1.165, 1.54) is 12.1 Å². The number of halogens is 1. The maximum Gasteiger partial charge on any atom is 0.161 e. The molecule has 3 rings (SSSR count). The van der Waals surface area contributed by atoms with Gasteiger partial charge in [-0.05, 0) is 47.5 Å². The Bertz CT molecular complexity index is 1040. The van der Waals surface area contributed by atoms with Crippen LogP contribution in [0.2, 0.25) is 5.02 Å². The van der Waals surface area contributed by atoms with Gasteiger partial charge in [-0.1, -0.05) is 41.9 Å². The van der Waals surface area contributed by atoms with Gasteiger partial charge >= 0.3 is 0 Å². The molecule has 6 nitrogen and oxygen atoms in total. The number of carboxylic acid groups (broad SMARTS) is 1. The molecule has 0 aliphatic rings. The number of hydrogen-bond acceptors (Lipinski definition) is 6. The molecule has 0 radical (unpaired) electrons. The fourth-order valence-electron chi connectivity index (χ4n) is 2.55. The summed E-state index contributed by atoms with van der Waals surface area (Å²) in [5.74, 6) is -0.103. The smallest absolute Gasteiger partial charge is 0.161 e. The maximum absolute atomic E-state index is 10.9. The number of rotatable bonds is 8. The van der Waals surface area contributed by atoms with Crippen molar-refractivity contribution in [1.82, 2.24) is 0 Å². The standard InChI is InChI=1S/C22H19ClN2O4/c1-28-21-11-15(13-24-25-18-7-4-6-16(12-18)22(26)27)9-10-20(21)29-14-17-5-2-3-8-19(17)23/h2-13,25H,14H2,1H3,(H,26,27)/p-1/b24-13-. The molecule has 0 bridgehead atoms. The molecular formula is C22H18ClN2O4-. The number of hydrazone groups is 1. The molecule has 148 valence electrons. The van der Waals surface area contributed by atoms with E-state index in [2.05, 4.69) is 10.5 Å². The van der Waals surface area contributed by atoms with Crippen LogP contribution >= 0.6 is 11.6 Å². The van der Waals surface area contributed by atoms with Gasteiger partial charge in [0.1, 0.15) is 6.61 Å². The highest BCUT2D eigenvalue weighted by atomic mass is 35.5. The number of anilines is 1. The van der Waals surface area contributed by atoms with Crippen molar-refractivity contribution in [3.63, 3.8) is 0 Å². The summed E-state index contributed by atoms with van der Waals surface area (Å²) in [5.41, 5.74) is 5.05. The van der Waals surface area contributed by atoms with Crippen LogP contribution in [0.4, 0.5) is 5.69 Å². The molecule has 0 aliphatic heterocycles. The first kappa shape index (κ1) is 20.2. The first-order chi connectivity index (χ1) is 14.1. The van der Waals surface area contributed by atoms with E-state index in [-0.39, 0.29) is 5.56 Å². The van der Waals surface area contributed by atoms with Crippen molar-refractivity contribution in [2.75, 3.05) is 12.5 Å². The minimum atomic E-state index is -1.24. The van der Waals surface area contributed by atoms with Gasteiger partial charge in [0.05, 0.1) is 25.0 Å². The van der Waals surface area contributed by atoms with Crippen molar-refractivity contribution in [1.29, 1.82) is 0 Å². The summed E-state index contributed by atoms with van der Waals surface area (Å²) < 4.78 is 11.2. The Balaban J connectivity index is 1.66. The van der Waals surface area contributed by atoms with Crippen molar-refractivity contribution >= 4 is 29.5 Å². The predicted molar refractivity (Wildman–Crippen MR) is 111 cm³/mol. The molecule has 1 N–H and O–H groups in total. The Hall–Kier alpha value is -3.51. The second-order valence-corrected chi connectivity index (χ2v) is 6.44. The second kappa shape index (κ2) is 9.61. The summed E-state index contributed by atoms with van der Waals surface area (Å²) in [7, 11) is 1.56. The molecule has 0 amide bonds. The van der Waals surface area contributed by atoms with Gasteiger partial charge in [-0.25, -0.2) is 0 Å². The zero-order valence-corrected chi connectivity index (χ0v) is 16.3. The van der Waals surface area contributed by atoms with Gasteiger partial charge in [0.15, 0.2) is 11.5 Å². The van der Waals surface area contributed by atoms with Gasteiger partial charge in [-0.15, -0.1) is 0 Å². The largest absolute Gasteiger partial charge is 0.545 e. The lowest BCUT2D eigenvalue weighted by atomic mass is 10.2. The third-order valence-electron chi connectivity index (χ3n) is 4.03. The van der Waals surface area contributed by atoms with Crippen molar-refractivity contribution in [2.24, 2.45) is 5.10 Å². The quantitative estimate of drug-likeness (QED) is 0.452. The van der Waals surface area contributed by atoms with Crippen LogP contribution in [0, 0.1) is 0 Å². The molecule has 3 aromatic rings. The normalized spacial score (nSPS) is 10.7. The molecule has 0 saturated heterocycles. The highest BCUT2D eigenvalue weighted by molar-refractivity contribution is 6.31. The first-order valence-corrected chi connectivity index (χ1v) is 9.09. The van der Waals surface area contributed by atoms with E-state index in [4.69, 9.17) is 21.1 Å². The molecule has 0 aromatic heterocycles. The summed E-state index contributed by atoms with van der Waals surface area (Å²) >= 11 is 6.15. The molecular weight excluding hydrogens is 392 g/mol. The monoisotopic (exact) mass is 409 g/mol. The Morgan fingerprint density at radius 3 is 2.69 bits per heavy atom. The highest BCUT2D eigenvalue weighted by Gasteiger charge is 2.07. The topological polar surface area (TPSA) is 83.0 Å². The summed E-state index contributed by atoms with van der Waals surface area (Å²) in [6.45, 7) is 0.319. The minimum Gasteiger partial charge on any atom is -0.545 e. The maximum atomic E-state index is 10.9. The number of aromatic carboxylic acids is 1. The van der Waals surface area contributed by atoms with Crippen LogP contribution in [0.25, 0.3) is 0 Å². The van der Waals surface area contributed by atoms with Crippen LogP contribution in [0.3, 0.4) is 0 Å². The van der Waals surface area contributed by atoms with Crippen LogP contribution < -0.4 is 20.0 Å². The van der Waals surface area contributed by atoms with E-state index >= 15 is 0 Å². The molecule has 0 fully saturated rings. The molecule has 0 spiro atoms. The first-order valence-electron chi connectivity index (χ1n) is 8.71. The van der Waals surface area contributed by atoms with E-state index in [0.717, 1.165) is 11.1 Å². The van der Waals surface area contributed by atoms with Crippen molar-refractivity contribution in [2.45, 2.75) is 6.61 Å². The zero-order valence-electron chi connectivity index (χ0n) is 15.6. The van der Waals surface area contributed by atoms with Gasteiger partial charge in [0, 0.05) is 10.6 Å². The number of benzene rings is 3. The third kappa shape index (κ3) is 5.49. The SMILES string of the molecule is COc1cc(/C=N\Nc2cccc(C(=O)[O-])c2)ccc1OCc1ccccc1Cl. The number of nitrogens with zero attached hydrogens (tertiary/aromatic N) is 1. The van der Waals surface area contributed by atoms with Crippen molar-refractivity contribution < 1.29 is 19.4 Å². The Labute approximate surface area is 173 Å². The van der Waals surface area contributed by atoms with E-state index in [1.54, 1.807) is 37.6 Å². The third-order valence-corrected chi connectivity index (χ3v) is 4.40. The van der Waals surface area contributed by atoms with Crippen LogP contribution in [-0.4, -0.2) is 19.3 Å². The number of hydrogen-bond donors (Lipinski definition) is 1. The molecule has 29 heavy (non-hydrogen) atoms. The average molecular weight is 410 g/mol. The number of nitrogens with one attached hydrogen (secondary N) is 1. The van der Waals surface area contributed by atoms with Gasteiger partial charge in [-0.2, -0.15) is 5.10 Å². The van der Waals surface area contributed by atoms with Gasteiger partial charge < -0.3 is 19.4 Å². The fraction of sp³-hybridized carbons (Fsp3) is 0.0909. The number of carbonyl (C=O) groups is 1. The lowest BCUT2D eigenvalue weighted by molar-refractivity contribution is -0.255. The Morgan fingerprint density at radius 2 is 1.93 bits per heavy atom. The van der Waals surface area contributed by atoms with Gasteiger partial charge in [0.25, 0.3) is 0 Å². The zero-order chi connectivity index (χ0) is 20.6. The highest BCUT2D eigenvalue weighted by Crippen LogP contribution is 2.29. The molecule has 0 atom stereocenters. The number of methoxy groups -OCH3 is 1. The van der Waals surface area contributed by atoms with Crippen LogP contribution in [0.5, 0.6) is 11.5 Å². The molecule has 0 saturated carbocycles. The summed E-state index contributed by atoms with van der Waals surface area (Å²) in [6.07, 6.45) is 1.59.